The number of carbonyl (C=O) groups excluding carboxylic acids is 10. The molecule has 119 heavy (non-hydrogen) atoms. The largest absolute Gasteiger partial charge is 0.377 e. The summed E-state index contributed by atoms with van der Waals surface area (Å²) in [6.07, 6.45) is 16.4. The topological polar surface area (TPSA) is 466 Å². The highest BCUT2D eigenvalue weighted by Gasteiger charge is 2.28. The highest BCUT2D eigenvalue weighted by Crippen LogP contribution is 2.34. The molecule has 1 saturated heterocycles. The summed E-state index contributed by atoms with van der Waals surface area (Å²) in [6.45, 7) is 10.9. The van der Waals surface area contributed by atoms with E-state index in [2.05, 4.69) is 74.0 Å². The lowest BCUT2D eigenvalue weighted by molar-refractivity contribution is -0.138. The minimum absolute atomic E-state index is 0.0116. The smallest absolute Gasteiger partial charge is 0.291 e. The number of hydrogen-bond donors (Lipinski definition) is 9. The molecule has 0 radical (unpaired) electrons. The van der Waals surface area contributed by atoms with Crippen LogP contribution in [0.15, 0.2) is 104 Å². The van der Waals surface area contributed by atoms with Crippen LogP contribution in [0.1, 0.15) is 88.9 Å². The Morgan fingerprint density at radius 2 is 0.966 bits per heavy atom. The van der Waals surface area contributed by atoms with Crippen molar-refractivity contribution < 1.29 is 85.8 Å². The molecule has 1 aromatic carbocycles. The average Bonchev–Trinajstić information content (AvgIpc) is 1.66. The molecule has 8 aromatic heterocycles. The number of anilines is 4. The van der Waals surface area contributed by atoms with Gasteiger partial charge in [0.2, 0.25) is 35.3 Å². The summed E-state index contributed by atoms with van der Waals surface area (Å²) in [6, 6.07) is 8.47. The second-order valence-electron chi connectivity index (χ2n) is 27.4. The third-order valence-electron chi connectivity index (χ3n) is 18.7. The molecule has 0 unspecified atom stereocenters. The van der Waals surface area contributed by atoms with Gasteiger partial charge in [-0.1, -0.05) is 6.08 Å². The van der Waals surface area contributed by atoms with E-state index in [4.69, 9.17) is 37.9 Å². The van der Waals surface area contributed by atoms with E-state index >= 15 is 0 Å². The number of aryl methyl sites for hydroxylation is 7. The van der Waals surface area contributed by atoms with Gasteiger partial charge < -0.3 is 127 Å². The molecule has 41 nitrogen and oxygen atoms in total. The van der Waals surface area contributed by atoms with Crippen LogP contribution in [0.4, 0.5) is 23.0 Å². The van der Waals surface area contributed by atoms with E-state index in [1.807, 2.05) is 36.0 Å². The Kier molecular flexibility index (Phi) is 33.4. The third-order valence-corrected chi connectivity index (χ3v) is 18.7. The Morgan fingerprint density at radius 1 is 0.479 bits per heavy atom. The maximum absolute atomic E-state index is 14.1. The van der Waals surface area contributed by atoms with E-state index in [0.29, 0.717) is 147 Å². The van der Waals surface area contributed by atoms with Gasteiger partial charge in [-0.15, -0.1) is 6.58 Å². The SMILES string of the molecule is C=CCCn1cc(-c2cc(C(=O)N3CCN(C(=O)COCCOCCOCCOCCOCCOCCOCCOCCNC(=O)CCNC(=O)c4nc(NC(=O)CCNC(=O)c5cc(NC(=O)c6nc(NC(=O)CCNC(=O)c7cc(NC(=O)c8nccn8C)cn7C)cn6C)cn5C)cn4C)CC3)cc3c2ncn3C)c2cc[nH]c2c1=O. The minimum Gasteiger partial charge on any atom is -0.377 e. The molecule has 1 aliphatic heterocycles. The van der Waals surface area contributed by atoms with E-state index in [9.17, 15) is 52.7 Å². The average molecular weight is 1650 g/mol. The summed E-state index contributed by atoms with van der Waals surface area (Å²) in [5, 5.41) is 22.0. The lowest BCUT2D eigenvalue weighted by Gasteiger charge is -2.34. The van der Waals surface area contributed by atoms with Crippen LogP contribution in [-0.4, -0.2) is 284 Å². The number of piperazine rings is 1. The van der Waals surface area contributed by atoms with Gasteiger partial charge in [0.25, 0.3) is 41.0 Å². The van der Waals surface area contributed by atoms with Crippen LogP contribution in [-0.2, 0) is 106 Å². The fourth-order valence-electron chi connectivity index (χ4n) is 12.5. The molecular formula is C78H102N22O19. The number of hydrogen-bond acceptors (Lipinski definition) is 23. The van der Waals surface area contributed by atoms with Crippen molar-refractivity contribution in [1.29, 1.82) is 0 Å². The zero-order valence-corrected chi connectivity index (χ0v) is 67.4. The molecule has 0 aliphatic carbocycles. The van der Waals surface area contributed by atoms with E-state index in [-0.39, 0.29) is 135 Å². The number of fused-ring (bicyclic) bond motifs is 2. The number of ether oxygens (including phenoxy) is 8. The van der Waals surface area contributed by atoms with Gasteiger partial charge in [-0.3, -0.25) is 52.7 Å². The van der Waals surface area contributed by atoms with Crippen molar-refractivity contribution in [3.05, 3.63) is 144 Å². The number of nitrogens with one attached hydrogen (secondary N) is 9. The van der Waals surface area contributed by atoms with Gasteiger partial charge in [0.1, 0.15) is 23.5 Å². The second-order valence-corrected chi connectivity index (χ2v) is 27.4. The lowest BCUT2D eigenvalue weighted by atomic mass is 9.99. The summed E-state index contributed by atoms with van der Waals surface area (Å²) < 4.78 is 55.4. The van der Waals surface area contributed by atoms with Gasteiger partial charge in [-0.05, 0) is 36.8 Å². The highest BCUT2D eigenvalue weighted by molar-refractivity contribution is 6.08. The van der Waals surface area contributed by atoms with Crippen LogP contribution in [0.5, 0.6) is 0 Å². The van der Waals surface area contributed by atoms with Crippen LogP contribution in [0.2, 0.25) is 0 Å². The summed E-state index contributed by atoms with van der Waals surface area (Å²) in [4.78, 5) is 167. The molecule has 9 aromatic rings. The summed E-state index contributed by atoms with van der Waals surface area (Å²) >= 11 is 0. The Labute approximate surface area is 683 Å². The van der Waals surface area contributed by atoms with E-state index in [1.54, 1.807) is 85.2 Å². The van der Waals surface area contributed by atoms with E-state index in [1.165, 1.54) is 55.2 Å². The first kappa shape index (κ1) is 88.8. The molecule has 0 atom stereocenters. The van der Waals surface area contributed by atoms with Crippen molar-refractivity contribution in [3.8, 4) is 11.1 Å². The normalized spacial score (nSPS) is 12.1. The zero-order valence-electron chi connectivity index (χ0n) is 67.4. The van der Waals surface area contributed by atoms with Gasteiger partial charge in [-0.25, -0.2) is 19.9 Å². The Bertz CT molecular complexity index is 5070. The lowest BCUT2D eigenvalue weighted by Crippen LogP contribution is -2.51. The van der Waals surface area contributed by atoms with Gasteiger partial charge >= 0.3 is 0 Å². The predicted octanol–water partition coefficient (Wildman–Crippen LogP) is 1.71. The van der Waals surface area contributed by atoms with E-state index in [0.717, 1.165) is 22.0 Å². The quantitative estimate of drug-likeness (QED) is 0.0194. The molecule has 41 heteroatoms. The number of rotatable bonds is 49. The molecule has 10 rings (SSSR count). The number of carbonyl (C=O) groups is 10. The minimum atomic E-state index is -0.643. The standard InChI is InChI=1S/C78H102N22O19/c1-8-9-20-100-47-57(55-10-14-80-68(55)78(100)111)56-41-52(42-58-67(56)85-51-97(58)7)77(110)99-24-22-98(23-25-99)66(104)50-119-40-39-118-38-37-117-36-35-116-34-33-115-32-31-114-30-29-113-28-27-112-26-19-79-63(101)11-15-84-74(107)70-90-61(48-95(70)5)88-64(102)12-16-83-73(106)60-44-54(46-94(60)4)87-76(109)71-91-62(49-96(71)6)89-65(103)13-17-82-72(105)59-43-53(45-93(59)3)86-75(108)69-81-18-21-92(69)2/h8,10,14,18,21,41-49,51,80H,1,9,11-13,15-17,19-20,22-40,50H2,2-7H3,(H,79,101)(H,82,105)(H,83,106)(H,84,107)(H,86,108)(H,87,109)(H,88,102)(H,89,103). The van der Waals surface area contributed by atoms with Gasteiger partial charge in [0, 0.05) is 192 Å². The van der Waals surface area contributed by atoms with Crippen LogP contribution < -0.4 is 48.1 Å². The maximum atomic E-state index is 14.1. The Morgan fingerprint density at radius 3 is 1.49 bits per heavy atom. The van der Waals surface area contributed by atoms with Crippen molar-refractivity contribution >= 4 is 104 Å². The number of amides is 10. The number of aromatic nitrogens is 12. The predicted molar refractivity (Wildman–Crippen MR) is 434 cm³/mol. The number of pyridine rings is 1. The van der Waals surface area contributed by atoms with Crippen LogP contribution in [0.3, 0.4) is 0 Å². The Balaban J connectivity index is 0.472. The van der Waals surface area contributed by atoms with Crippen molar-refractivity contribution in [1.82, 2.24) is 88.0 Å². The highest BCUT2D eigenvalue weighted by atomic mass is 16.6. The molecule has 9 heterocycles. The molecule has 1 fully saturated rings. The molecule has 0 saturated carbocycles. The van der Waals surface area contributed by atoms with E-state index < -0.39 is 41.4 Å². The molecule has 638 valence electrons. The van der Waals surface area contributed by atoms with Crippen molar-refractivity contribution in [2.45, 2.75) is 32.2 Å². The number of allylic oxidation sites excluding steroid dienone is 1. The fraction of sp³-hybridized carbons (Fsp3) is 0.449. The second kappa shape index (κ2) is 44.7. The number of aromatic amines is 1. The first-order chi connectivity index (χ1) is 57.5. The molecule has 0 spiro atoms. The van der Waals surface area contributed by atoms with Gasteiger partial charge in [0.05, 0.1) is 128 Å². The fourth-order valence-corrected chi connectivity index (χ4v) is 12.5. The summed E-state index contributed by atoms with van der Waals surface area (Å²) in [5.74, 6) is -4.01. The van der Waals surface area contributed by atoms with Gasteiger partial charge in [0.15, 0.2) is 17.5 Å². The number of H-pyrrole nitrogens is 1. The first-order valence-corrected chi connectivity index (χ1v) is 38.7. The van der Waals surface area contributed by atoms with Crippen LogP contribution >= 0.6 is 0 Å². The summed E-state index contributed by atoms with van der Waals surface area (Å²) in [7, 11) is 9.91. The van der Waals surface area contributed by atoms with Crippen molar-refractivity contribution in [2.75, 3.05) is 179 Å². The number of imidazole rings is 4. The Hall–Kier alpha value is -12.5. The molecule has 0 bridgehead atoms. The van der Waals surface area contributed by atoms with Crippen molar-refractivity contribution in [3.63, 3.8) is 0 Å². The molecule has 10 amide bonds. The number of nitrogens with zero attached hydrogens (tertiary/aromatic N) is 13. The first-order valence-electron chi connectivity index (χ1n) is 38.7. The molecule has 9 N–H and O–H groups in total. The summed E-state index contributed by atoms with van der Waals surface area (Å²) in [5.41, 5.74) is 4.89. The third kappa shape index (κ3) is 25.7. The van der Waals surface area contributed by atoms with Crippen molar-refractivity contribution in [2.24, 2.45) is 42.3 Å². The maximum Gasteiger partial charge on any atom is 0.291 e. The monoisotopic (exact) mass is 1650 g/mol. The van der Waals surface area contributed by atoms with Crippen LogP contribution in [0.25, 0.3) is 33.1 Å². The molecular weight excluding hydrogens is 1550 g/mol. The molecule has 1 aliphatic rings. The zero-order chi connectivity index (χ0) is 84.7. The van der Waals surface area contributed by atoms with Gasteiger partial charge in [-0.2, -0.15) is 0 Å². The van der Waals surface area contributed by atoms with Crippen LogP contribution in [0, 0.1) is 0 Å². The number of benzene rings is 1.